The minimum absolute atomic E-state index is 0.0349. The maximum Gasteiger partial charge on any atom is 0.227 e. The van der Waals surface area contributed by atoms with Crippen molar-refractivity contribution in [3.8, 4) is 23.0 Å². The van der Waals surface area contributed by atoms with E-state index in [4.69, 9.17) is 4.42 Å². The van der Waals surface area contributed by atoms with E-state index >= 15 is 0 Å². The molecule has 0 radical (unpaired) electrons. The van der Waals surface area contributed by atoms with Gasteiger partial charge in [-0.25, -0.2) is 4.98 Å². The molecule has 2 aromatic heterocycles. The van der Waals surface area contributed by atoms with Crippen molar-refractivity contribution >= 4 is 0 Å². The molecule has 0 unspecified atom stereocenters. The van der Waals surface area contributed by atoms with Crippen LogP contribution in [-0.2, 0) is 0 Å². The number of hydrogen-bond donors (Lipinski definition) is 2. The quantitative estimate of drug-likeness (QED) is 0.728. The molecule has 0 aliphatic carbocycles. The third-order valence-corrected chi connectivity index (χ3v) is 1.86. The molecular formula is C10H7NO4. The van der Waals surface area contributed by atoms with Crippen LogP contribution in [0.5, 0.6) is 11.5 Å². The van der Waals surface area contributed by atoms with E-state index in [0.717, 1.165) is 12.3 Å². The smallest absolute Gasteiger partial charge is 0.227 e. The van der Waals surface area contributed by atoms with Gasteiger partial charge < -0.3 is 14.6 Å². The Morgan fingerprint density at radius 3 is 2.80 bits per heavy atom. The van der Waals surface area contributed by atoms with Crippen LogP contribution in [0.3, 0.4) is 0 Å². The number of hydrogen-bond acceptors (Lipinski definition) is 5. The molecule has 2 aromatic rings. The zero-order valence-corrected chi connectivity index (χ0v) is 7.54. The van der Waals surface area contributed by atoms with Gasteiger partial charge >= 0.3 is 0 Å². The van der Waals surface area contributed by atoms with Crippen LogP contribution in [0.1, 0.15) is 0 Å². The van der Waals surface area contributed by atoms with Gasteiger partial charge in [0, 0.05) is 12.3 Å². The van der Waals surface area contributed by atoms with E-state index in [2.05, 4.69) is 4.98 Å². The fourth-order valence-corrected chi connectivity index (χ4v) is 1.15. The number of aromatic hydroxyl groups is 2. The van der Waals surface area contributed by atoms with Crippen molar-refractivity contribution in [3.63, 3.8) is 0 Å². The minimum atomic E-state index is -0.582. The van der Waals surface area contributed by atoms with E-state index in [1.165, 1.54) is 18.3 Å². The van der Waals surface area contributed by atoms with E-state index in [1.807, 2.05) is 0 Å². The first-order chi connectivity index (χ1) is 7.20. The summed E-state index contributed by atoms with van der Waals surface area (Å²) in [6.45, 7) is 0. The van der Waals surface area contributed by atoms with Crippen molar-refractivity contribution < 1.29 is 14.6 Å². The summed E-state index contributed by atoms with van der Waals surface area (Å²) in [4.78, 5) is 14.9. The molecule has 76 valence electrons. The Hall–Kier alpha value is -2.30. The Kier molecular flexibility index (Phi) is 2.13. The molecule has 15 heavy (non-hydrogen) atoms. The highest BCUT2D eigenvalue weighted by Gasteiger charge is 2.14. The fraction of sp³-hybridized carbons (Fsp3) is 0. The van der Waals surface area contributed by atoms with Gasteiger partial charge in [0.15, 0.2) is 5.69 Å². The Balaban J connectivity index is 2.70. The summed E-state index contributed by atoms with van der Waals surface area (Å²) in [5.74, 6) is -0.866. The predicted octanol–water partition coefficient (Wildman–Crippen LogP) is 1.11. The van der Waals surface area contributed by atoms with Gasteiger partial charge in [-0.15, -0.1) is 0 Å². The van der Waals surface area contributed by atoms with Crippen LogP contribution in [0.4, 0.5) is 0 Å². The van der Waals surface area contributed by atoms with Gasteiger partial charge in [0.1, 0.15) is 5.75 Å². The molecule has 5 nitrogen and oxygen atoms in total. The third kappa shape index (κ3) is 1.54. The average molecular weight is 205 g/mol. The van der Waals surface area contributed by atoms with Gasteiger partial charge in [0.2, 0.25) is 16.9 Å². The van der Waals surface area contributed by atoms with Gasteiger partial charge in [-0.1, -0.05) is 0 Å². The van der Waals surface area contributed by atoms with Crippen LogP contribution in [0.2, 0.25) is 0 Å². The van der Waals surface area contributed by atoms with Crippen molar-refractivity contribution in [2.45, 2.75) is 0 Å². The molecule has 0 saturated heterocycles. The first-order valence-corrected chi connectivity index (χ1v) is 4.15. The summed E-state index contributed by atoms with van der Waals surface area (Å²) in [7, 11) is 0. The van der Waals surface area contributed by atoms with Crippen molar-refractivity contribution in [2.75, 3.05) is 0 Å². The topological polar surface area (TPSA) is 83.6 Å². The molecule has 0 aromatic carbocycles. The lowest BCUT2D eigenvalue weighted by Crippen LogP contribution is -1.99. The summed E-state index contributed by atoms with van der Waals surface area (Å²) < 4.78 is 4.93. The van der Waals surface area contributed by atoms with Gasteiger partial charge in [0.05, 0.1) is 6.26 Å². The zero-order chi connectivity index (χ0) is 10.8. The Bertz CT molecular complexity index is 547. The molecule has 0 aliphatic rings. The summed E-state index contributed by atoms with van der Waals surface area (Å²) in [6.07, 6.45) is 2.55. The van der Waals surface area contributed by atoms with Crippen LogP contribution in [-0.4, -0.2) is 15.2 Å². The van der Waals surface area contributed by atoms with Crippen LogP contribution in [0, 0.1) is 0 Å². The maximum absolute atomic E-state index is 11.1. The van der Waals surface area contributed by atoms with E-state index in [0.29, 0.717) is 0 Å². The molecule has 0 amide bonds. The minimum Gasteiger partial charge on any atom is -0.506 e. The highest BCUT2D eigenvalue weighted by molar-refractivity contribution is 5.65. The number of rotatable bonds is 1. The third-order valence-electron chi connectivity index (χ3n) is 1.86. The number of aromatic nitrogens is 1. The highest BCUT2D eigenvalue weighted by atomic mass is 16.4. The van der Waals surface area contributed by atoms with Crippen molar-refractivity contribution in [2.24, 2.45) is 0 Å². The summed E-state index contributed by atoms with van der Waals surface area (Å²) in [5.41, 5.74) is -0.547. The molecule has 0 aliphatic heterocycles. The second kappa shape index (κ2) is 3.45. The lowest BCUT2D eigenvalue weighted by atomic mass is 10.2. The number of nitrogens with zero attached hydrogens (tertiary/aromatic N) is 1. The highest BCUT2D eigenvalue weighted by Crippen LogP contribution is 2.30. The molecule has 2 rings (SSSR count). The van der Waals surface area contributed by atoms with Gasteiger partial charge in [-0.05, 0) is 12.1 Å². The van der Waals surface area contributed by atoms with E-state index in [-0.39, 0.29) is 17.2 Å². The molecular weight excluding hydrogens is 198 g/mol. The summed E-state index contributed by atoms with van der Waals surface area (Å²) in [5, 5.41) is 18.9. The van der Waals surface area contributed by atoms with E-state index in [9.17, 15) is 15.0 Å². The van der Waals surface area contributed by atoms with Crippen LogP contribution < -0.4 is 5.43 Å². The Morgan fingerprint density at radius 1 is 1.27 bits per heavy atom. The SMILES string of the molecule is O=c1ccoc(-c2ncccc2O)c1O. The standard InChI is InChI=1S/C10H7NO4/c12-6-2-1-4-11-8(6)10-9(14)7(13)3-5-15-10/h1-5,12,14H. The van der Waals surface area contributed by atoms with Gasteiger partial charge in [-0.3, -0.25) is 4.79 Å². The second-order valence-corrected chi connectivity index (χ2v) is 2.83. The number of pyridine rings is 1. The first-order valence-electron chi connectivity index (χ1n) is 4.15. The lowest BCUT2D eigenvalue weighted by Gasteiger charge is -2.02. The van der Waals surface area contributed by atoms with Crippen LogP contribution in [0.15, 0.2) is 39.9 Å². The monoisotopic (exact) mass is 205 g/mol. The summed E-state index contributed by atoms with van der Waals surface area (Å²) >= 11 is 0. The molecule has 5 heteroatoms. The molecule has 0 atom stereocenters. The van der Waals surface area contributed by atoms with Gasteiger partial charge in [0.25, 0.3) is 0 Å². The van der Waals surface area contributed by atoms with Crippen molar-refractivity contribution in [1.82, 2.24) is 4.98 Å². The molecule has 0 fully saturated rings. The Morgan fingerprint density at radius 2 is 2.07 bits per heavy atom. The molecule has 0 spiro atoms. The van der Waals surface area contributed by atoms with Gasteiger partial charge in [-0.2, -0.15) is 0 Å². The van der Waals surface area contributed by atoms with E-state index < -0.39 is 11.2 Å². The van der Waals surface area contributed by atoms with Crippen molar-refractivity contribution in [1.29, 1.82) is 0 Å². The Labute approximate surface area is 84.3 Å². The zero-order valence-electron chi connectivity index (χ0n) is 7.54. The largest absolute Gasteiger partial charge is 0.506 e. The van der Waals surface area contributed by atoms with Crippen molar-refractivity contribution in [3.05, 3.63) is 40.9 Å². The first kappa shape index (κ1) is 9.26. The maximum atomic E-state index is 11.1. The molecule has 2 N–H and O–H groups in total. The normalized spacial score (nSPS) is 10.1. The lowest BCUT2D eigenvalue weighted by molar-refractivity contribution is 0.431. The molecule has 0 saturated carbocycles. The van der Waals surface area contributed by atoms with Crippen LogP contribution >= 0.6 is 0 Å². The predicted molar refractivity (Wildman–Crippen MR) is 51.5 cm³/mol. The average Bonchev–Trinajstić information content (AvgIpc) is 2.23. The fourth-order valence-electron chi connectivity index (χ4n) is 1.15. The molecule has 0 bridgehead atoms. The summed E-state index contributed by atoms with van der Waals surface area (Å²) in [6, 6.07) is 3.99. The second-order valence-electron chi connectivity index (χ2n) is 2.83. The van der Waals surface area contributed by atoms with E-state index in [1.54, 1.807) is 0 Å². The molecule has 2 heterocycles. The van der Waals surface area contributed by atoms with Crippen LogP contribution in [0.25, 0.3) is 11.5 Å².